The third-order valence-corrected chi connectivity index (χ3v) is 2.74. The summed E-state index contributed by atoms with van der Waals surface area (Å²) in [6, 6.07) is 0. The maximum absolute atomic E-state index is 4.19. The fourth-order valence-electron chi connectivity index (χ4n) is 1.46. The number of unbranched alkanes of at least 4 members (excludes halogenated alkanes) is 3. The van der Waals surface area contributed by atoms with Crippen molar-refractivity contribution < 1.29 is 0 Å². The van der Waals surface area contributed by atoms with Crippen molar-refractivity contribution in [2.75, 3.05) is 13.1 Å². The van der Waals surface area contributed by atoms with Crippen molar-refractivity contribution in [3.8, 4) is 0 Å². The molecule has 1 aromatic rings. The second kappa shape index (κ2) is 7.88. The van der Waals surface area contributed by atoms with Gasteiger partial charge in [0.15, 0.2) is 0 Å². The summed E-state index contributed by atoms with van der Waals surface area (Å²) < 4.78 is 2.99. The second-order valence-corrected chi connectivity index (χ2v) is 4.65. The van der Waals surface area contributed by atoms with Crippen LogP contribution in [0.4, 0.5) is 0 Å². The van der Waals surface area contributed by atoms with Gasteiger partial charge in [-0.1, -0.05) is 26.2 Å². The molecule has 1 aromatic heterocycles. The quantitative estimate of drug-likeness (QED) is 0.739. The molecule has 0 spiro atoms. The van der Waals surface area contributed by atoms with Gasteiger partial charge in [-0.25, -0.2) is 0 Å². The number of nitrogens with one attached hydrogen (secondary N) is 1. The van der Waals surface area contributed by atoms with Crippen molar-refractivity contribution in [2.45, 2.75) is 39.2 Å². The highest BCUT2D eigenvalue weighted by atomic mass is 79.9. The number of nitrogens with zero attached hydrogens (tertiary/aromatic N) is 2. The van der Waals surface area contributed by atoms with Crippen molar-refractivity contribution in [3.05, 3.63) is 16.9 Å². The third kappa shape index (κ3) is 5.95. The van der Waals surface area contributed by atoms with Gasteiger partial charge in [0.1, 0.15) is 0 Å². The molecule has 0 bridgehead atoms. The molecule has 0 fully saturated rings. The maximum atomic E-state index is 4.19. The Morgan fingerprint density at radius 2 is 2.20 bits per heavy atom. The molecular weight excluding hydrogens is 254 g/mol. The van der Waals surface area contributed by atoms with E-state index in [1.165, 1.54) is 25.7 Å². The van der Waals surface area contributed by atoms with Gasteiger partial charge in [0.25, 0.3) is 0 Å². The van der Waals surface area contributed by atoms with Gasteiger partial charge in [-0.2, -0.15) is 5.10 Å². The Labute approximate surface area is 100 Å². The van der Waals surface area contributed by atoms with E-state index in [1.807, 2.05) is 17.1 Å². The molecule has 0 aliphatic heterocycles. The Morgan fingerprint density at radius 3 is 2.87 bits per heavy atom. The summed E-state index contributed by atoms with van der Waals surface area (Å²) in [6.07, 6.45) is 9.11. The third-order valence-electron chi connectivity index (χ3n) is 2.33. The minimum Gasteiger partial charge on any atom is -0.315 e. The van der Waals surface area contributed by atoms with E-state index in [0.717, 1.165) is 24.1 Å². The summed E-state index contributed by atoms with van der Waals surface area (Å²) in [7, 11) is 0. The van der Waals surface area contributed by atoms with Crippen LogP contribution < -0.4 is 5.32 Å². The van der Waals surface area contributed by atoms with Crippen molar-refractivity contribution in [3.63, 3.8) is 0 Å². The summed E-state index contributed by atoms with van der Waals surface area (Å²) in [5.41, 5.74) is 0. The Morgan fingerprint density at radius 1 is 1.33 bits per heavy atom. The maximum Gasteiger partial charge on any atom is 0.0632 e. The summed E-state index contributed by atoms with van der Waals surface area (Å²) in [5.74, 6) is 0. The van der Waals surface area contributed by atoms with Crippen molar-refractivity contribution >= 4 is 15.9 Å². The van der Waals surface area contributed by atoms with E-state index >= 15 is 0 Å². The fraction of sp³-hybridized carbons (Fsp3) is 0.727. The molecule has 1 rings (SSSR count). The molecule has 0 aliphatic rings. The lowest BCUT2D eigenvalue weighted by Crippen LogP contribution is -2.21. The Balaban J connectivity index is 1.93. The molecule has 0 atom stereocenters. The van der Waals surface area contributed by atoms with Gasteiger partial charge in [0.2, 0.25) is 0 Å². The van der Waals surface area contributed by atoms with E-state index in [9.17, 15) is 0 Å². The van der Waals surface area contributed by atoms with E-state index in [0.29, 0.717) is 0 Å². The summed E-state index contributed by atoms with van der Waals surface area (Å²) >= 11 is 3.38. The molecule has 0 saturated carbocycles. The highest BCUT2D eigenvalue weighted by molar-refractivity contribution is 9.10. The molecule has 1 N–H and O–H groups in total. The standard InChI is InChI=1S/C11H20BrN3/c1-2-3-4-5-6-13-7-8-15-10-11(12)9-14-15/h9-10,13H,2-8H2,1H3. The summed E-state index contributed by atoms with van der Waals surface area (Å²) in [5, 5.41) is 7.62. The Bertz CT molecular complexity index is 260. The molecule has 3 nitrogen and oxygen atoms in total. The van der Waals surface area contributed by atoms with E-state index in [-0.39, 0.29) is 0 Å². The van der Waals surface area contributed by atoms with Crippen molar-refractivity contribution in [1.29, 1.82) is 0 Å². The van der Waals surface area contributed by atoms with Gasteiger partial charge in [-0.05, 0) is 28.9 Å². The van der Waals surface area contributed by atoms with Crippen molar-refractivity contribution in [1.82, 2.24) is 15.1 Å². The number of halogens is 1. The minimum atomic E-state index is 0.944. The zero-order valence-electron chi connectivity index (χ0n) is 9.38. The SMILES string of the molecule is CCCCCCNCCn1cc(Br)cn1. The molecule has 0 saturated heterocycles. The smallest absolute Gasteiger partial charge is 0.0632 e. The molecule has 15 heavy (non-hydrogen) atoms. The zero-order valence-corrected chi connectivity index (χ0v) is 11.0. The molecule has 0 aliphatic carbocycles. The number of aromatic nitrogens is 2. The van der Waals surface area contributed by atoms with E-state index in [1.54, 1.807) is 0 Å². The Hall–Kier alpha value is -0.350. The fourth-order valence-corrected chi connectivity index (χ4v) is 1.78. The van der Waals surface area contributed by atoms with Crippen LogP contribution in [0.2, 0.25) is 0 Å². The average Bonchev–Trinajstić information content (AvgIpc) is 2.63. The first-order chi connectivity index (χ1) is 7.33. The molecular formula is C11H20BrN3. The number of hydrogen-bond donors (Lipinski definition) is 1. The normalized spacial score (nSPS) is 10.8. The average molecular weight is 274 g/mol. The van der Waals surface area contributed by atoms with E-state index < -0.39 is 0 Å². The molecule has 1 heterocycles. The lowest BCUT2D eigenvalue weighted by Gasteiger charge is -2.04. The van der Waals surface area contributed by atoms with Gasteiger partial charge >= 0.3 is 0 Å². The number of hydrogen-bond acceptors (Lipinski definition) is 2. The molecule has 0 amide bonds. The van der Waals surface area contributed by atoms with Crippen molar-refractivity contribution in [2.24, 2.45) is 0 Å². The predicted molar refractivity (Wildman–Crippen MR) is 66.9 cm³/mol. The summed E-state index contributed by atoms with van der Waals surface area (Å²) in [6.45, 7) is 5.31. The highest BCUT2D eigenvalue weighted by Crippen LogP contribution is 2.05. The van der Waals surface area contributed by atoms with E-state index in [4.69, 9.17) is 0 Å². The molecule has 0 unspecified atom stereocenters. The first-order valence-electron chi connectivity index (χ1n) is 5.71. The van der Waals surface area contributed by atoms with E-state index in [2.05, 4.69) is 33.3 Å². The monoisotopic (exact) mass is 273 g/mol. The number of rotatable bonds is 8. The zero-order chi connectivity index (χ0) is 10.9. The molecule has 86 valence electrons. The second-order valence-electron chi connectivity index (χ2n) is 3.73. The van der Waals surface area contributed by atoms with Crippen LogP contribution in [-0.2, 0) is 6.54 Å². The molecule has 0 aromatic carbocycles. The van der Waals surface area contributed by atoms with Gasteiger partial charge in [-0.3, -0.25) is 4.68 Å². The Kier molecular flexibility index (Phi) is 6.68. The van der Waals surface area contributed by atoms with Gasteiger partial charge < -0.3 is 5.32 Å². The van der Waals surface area contributed by atoms with Gasteiger partial charge in [-0.15, -0.1) is 0 Å². The highest BCUT2D eigenvalue weighted by Gasteiger charge is 1.94. The van der Waals surface area contributed by atoms with Crippen LogP contribution in [0.25, 0.3) is 0 Å². The molecule has 4 heteroatoms. The van der Waals surface area contributed by atoms with Crippen LogP contribution in [0.1, 0.15) is 32.6 Å². The predicted octanol–water partition coefficient (Wildman–Crippen LogP) is 2.82. The largest absolute Gasteiger partial charge is 0.315 e. The lowest BCUT2D eigenvalue weighted by molar-refractivity contribution is 0.535. The molecule has 0 radical (unpaired) electrons. The first-order valence-corrected chi connectivity index (χ1v) is 6.51. The van der Waals surface area contributed by atoms with Crippen LogP contribution in [-0.4, -0.2) is 22.9 Å². The summed E-state index contributed by atoms with van der Waals surface area (Å²) in [4.78, 5) is 0. The van der Waals surface area contributed by atoms with Crippen LogP contribution in [0.3, 0.4) is 0 Å². The lowest BCUT2D eigenvalue weighted by atomic mass is 10.2. The minimum absolute atomic E-state index is 0.944. The van der Waals surface area contributed by atoms with Crippen LogP contribution in [0.15, 0.2) is 16.9 Å². The topological polar surface area (TPSA) is 29.9 Å². The van der Waals surface area contributed by atoms with Crippen LogP contribution >= 0.6 is 15.9 Å². The van der Waals surface area contributed by atoms with Crippen LogP contribution in [0, 0.1) is 0 Å². The first kappa shape index (κ1) is 12.7. The van der Waals surface area contributed by atoms with Crippen LogP contribution in [0.5, 0.6) is 0 Å². The van der Waals surface area contributed by atoms with Gasteiger partial charge in [0.05, 0.1) is 17.2 Å². The van der Waals surface area contributed by atoms with Gasteiger partial charge in [0, 0.05) is 12.7 Å².